The number of hydrogen-bond donors (Lipinski definition) is 0. The first-order valence-electron chi connectivity index (χ1n) is 4.41. The van der Waals surface area contributed by atoms with Crippen molar-refractivity contribution < 1.29 is 0 Å². The van der Waals surface area contributed by atoms with Crippen LogP contribution in [0.4, 0.5) is 5.82 Å². The lowest BCUT2D eigenvalue weighted by molar-refractivity contribution is 1.08. The first kappa shape index (κ1) is 9.46. The minimum absolute atomic E-state index is 0.968. The van der Waals surface area contributed by atoms with Gasteiger partial charge in [0, 0.05) is 24.0 Å². The average molecular weight is 251 g/mol. The van der Waals surface area contributed by atoms with Crippen LogP contribution >= 0.6 is 15.9 Å². The van der Waals surface area contributed by atoms with Crippen LogP contribution in [0.2, 0.25) is 0 Å². The van der Waals surface area contributed by atoms with Gasteiger partial charge in [0.15, 0.2) is 0 Å². The summed E-state index contributed by atoms with van der Waals surface area (Å²) < 4.78 is 1.09. The highest BCUT2D eigenvalue weighted by Crippen LogP contribution is 2.26. The van der Waals surface area contributed by atoms with Crippen LogP contribution in [0, 0.1) is 0 Å². The molecule has 0 saturated carbocycles. The van der Waals surface area contributed by atoms with E-state index < -0.39 is 0 Å². The molecular formula is C11H11BrN2. The SMILES string of the molecule is CN(C)c1cc(Br)c2ccccc2n1. The predicted molar refractivity (Wildman–Crippen MR) is 63.8 cm³/mol. The van der Waals surface area contributed by atoms with Crippen LogP contribution < -0.4 is 4.90 Å². The average Bonchev–Trinajstić information content (AvgIpc) is 2.17. The van der Waals surface area contributed by atoms with Gasteiger partial charge in [-0.05, 0) is 28.1 Å². The summed E-state index contributed by atoms with van der Waals surface area (Å²) in [5.74, 6) is 0.968. The van der Waals surface area contributed by atoms with E-state index in [0.29, 0.717) is 0 Å². The Balaban J connectivity index is 2.72. The fraction of sp³-hybridized carbons (Fsp3) is 0.182. The molecule has 72 valence electrons. The van der Waals surface area contributed by atoms with E-state index in [1.54, 1.807) is 0 Å². The fourth-order valence-electron chi connectivity index (χ4n) is 1.35. The largest absolute Gasteiger partial charge is 0.363 e. The van der Waals surface area contributed by atoms with Gasteiger partial charge in [0.2, 0.25) is 0 Å². The molecule has 2 nitrogen and oxygen atoms in total. The Morgan fingerprint density at radius 1 is 1.21 bits per heavy atom. The molecule has 0 aliphatic heterocycles. The first-order valence-corrected chi connectivity index (χ1v) is 5.20. The van der Waals surface area contributed by atoms with Crippen LogP contribution in [0.15, 0.2) is 34.8 Å². The number of hydrogen-bond acceptors (Lipinski definition) is 2. The van der Waals surface area contributed by atoms with E-state index in [2.05, 4.69) is 27.0 Å². The molecule has 3 heteroatoms. The van der Waals surface area contributed by atoms with E-state index in [1.807, 2.05) is 43.3 Å². The minimum Gasteiger partial charge on any atom is -0.363 e. The molecular weight excluding hydrogens is 240 g/mol. The van der Waals surface area contributed by atoms with Gasteiger partial charge in [0.1, 0.15) is 5.82 Å². The number of pyridine rings is 1. The summed E-state index contributed by atoms with van der Waals surface area (Å²) in [6.45, 7) is 0. The lowest BCUT2D eigenvalue weighted by Gasteiger charge is -2.12. The van der Waals surface area contributed by atoms with E-state index in [4.69, 9.17) is 0 Å². The van der Waals surface area contributed by atoms with Crippen LogP contribution in [0.5, 0.6) is 0 Å². The molecule has 1 aromatic heterocycles. The Hall–Kier alpha value is -1.09. The fourth-order valence-corrected chi connectivity index (χ4v) is 1.89. The Bertz CT molecular complexity index is 466. The maximum atomic E-state index is 4.53. The zero-order valence-corrected chi connectivity index (χ0v) is 9.75. The van der Waals surface area contributed by atoms with Crippen molar-refractivity contribution in [2.75, 3.05) is 19.0 Å². The number of benzene rings is 1. The van der Waals surface area contributed by atoms with Gasteiger partial charge in [0.25, 0.3) is 0 Å². The maximum Gasteiger partial charge on any atom is 0.129 e. The number of para-hydroxylation sites is 1. The number of rotatable bonds is 1. The number of anilines is 1. The highest BCUT2D eigenvalue weighted by Gasteiger charge is 2.03. The van der Waals surface area contributed by atoms with Gasteiger partial charge in [-0.2, -0.15) is 0 Å². The molecule has 0 aliphatic rings. The molecule has 2 rings (SSSR count). The maximum absolute atomic E-state index is 4.53. The standard InChI is InChI=1S/C11H11BrN2/c1-14(2)11-7-9(12)8-5-3-4-6-10(8)13-11/h3-7H,1-2H3. The smallest absolute Gasteiger partial charge is 0.129 e. The molecule has 1 heterocycles. The van der Waals surface area contributed by atoms with Crippen molar-refractivity contribution in [3.05, 3.63) is 34.8 Å². The van der Waals surface area contributed by atoms with Crippen molar-refractivity contribution in [2.24, 2.45) is 0 Å². The lowest BCUT2D eigenvalue weighted by Crippen LogP contribution is -2.10. The van der Waals surface area contributed by atoms with Gasteiger partial charge in [-0.15, -0.1) is 0 Å². The summed E-state index contributed by atoms with van der Waals surface area (Å²) in [7, 11) is 3.98. The Morgan fingerprint density at radius 2 is 1.93 bits per heavy atom. The van der Waals surface area contributed by atoms with E-state index in [0.717, 1.165) is 21.2 Å². The van der Waals surface area contributed by atoms with Crippen LogP contribution in [-0.2, 0) is 0 Å². The summed E-state index contributed by atoms with van der Waals surface area (Å²) in [5.41, 5.74) is 1.02. The lowest BCUT2D eigenvalue weighted by atomic mass is 10.2. The third-order valence-electron chi connectivity index (χ3n) is 2.11. The third-order valence-corrected chi connectivity index (χ3v) is 2.77. The second-order valence-electron chi connectivity index (χ2n) is 3.37. The second-order valence-corrected chi connectivity index (χ2v) is 4.23. The number of halogens is 1. The molecule has 2 aromatic rings. The van der Waals surface area contributed by atoms with E-state index in [-0.39, 0.29) is 0 Å². The summed E-state index contributed by atoms with van der Waals surface area (Å²) in [6, 6.07) is 10.1. The number of fused-ring (bicyclic) bond motifs is 1. The van der Waals surface area contributed by atoms with Crippen molar-refractivity contribution in [3.8, 4) is 0 Å². The summed E-state index contributed by atoms with van der Waals surface area (Å²) in [4.78, 5) is 6.53. The zero-order valence-electron chi connectivity index (χ0n) is 8.16. The van der Waals surface area contributed by atoms with Crippen molar-refractivity contribution in [1.29, 1.82) is 0 Å². The van der Waals surface area contributed by atoms with Crippen LogP contribution in [0.1, 0.15) is 0 Å². The molecule has 0 aliphatic carbocycles. The summed E-state index contributed by atoms with van der Waals surface area (Å²) >= 11 is 3.55. The van der Waals surface area contributed by atoms with Gasteiger partial charge in [0.05, 0.1) is 5.52 Å². The van der Waals surface area contributed by atoms with Crippen molar-refractivity contribution in [2.45, 2.75) is 0 Å². The van der Waals surface area contributed by atoms with Gasteiger partial charge in [-0.25, -0.2) is 4.98 Å². The van der Waals surface area contributed by atoms with Gasteiger partial charge < -0.3 is 4.90 Å². The van der Waals surface area contributed by atoms with Crippen molar-refractivity contribution in [1.82, 2.24) is 4.98 Å². The van der Waals surface area contributed by atoms with Crippen LogP contribution in [-0.4, -0.2) is 19.1 Å². The van der Waals surface area contributed by atoms with Crippen LogP contribution in [0.25, 0.3) is 10.9 Å². The molecule has 0 bridgehead atoms. The van der Waals surface area contributed by atoms with Crippen molar-refractivity contribution >= 4 is 32.7 Å². The van der Waals surface area contributed by atoms with Gasteiger partial charge >= 0.3 is 0 Å². The summed E-state index contributed by atoms with van der Waals surface area (Å²) in [6.07, 6.45) is 0. The highest BCUT2D eigenvalue weighted by molar-refractivity contribution is 9.10. The Morgan fingerprint density at radius 3 is 2.64 bits per heavy atom. The molecule has 0 atom stereocenters. The topological polar surface area (TPSA) is 16.1 Å². The third kappa shape index (κ3) is 1.60. The second kappa shape index (κ2) is 3.58. The normalized spacial score (nSPS) is 10.5. The quantitative estimate of drug-likeness (QED) is 0.774. The van der Waals surface area contributed by atoms with Crippen molar-refractivity contribution in [3.63, 3.8) is 0 Å². The molecule has 0 fully saturated rings. The monoisotopic (exact) mass is 250 g/mol. The predicted octanol–water partition coefficient (Wildman–Crippen LogP) is 3.06. The van der Waals surface area contributed by atoms with Gasteiger partial charge in [-0.1, -0.05) is 18.2 Å². The number of aromatic nitrogens is 1. The molecule has 0 amide bonds. The molecule has 0 saturated heterocycles. The molecule has 1 aromatic carbocycles. The Kier molecular flexibility index (Phi) is 2.42. The molecule has 14 heavy (non-hydrogen) atoms. The van der Waals surface area contributed by atoms with E-state index in [9.17, 15) is 0 Å². The molecule has 0 unspecified atom stereocenters. The number of nitrogens with zero attached hydrogens (tertiary/aromatic N) is 2. The first-order chi connectivity index (χ1) is 6.68. The molecule has 0 N–H and O–H groups in total. The zero-order chi connectivity index (χ0) is 10.1. The molecule has 0 spiro atoms. The summed E-state index contributed by atoms with van der Waals surface area (Å²) in [5, 5.41) is 1.15. The van der Waals surface area contributed by atoms with Gasteiger partial charge in [-0.3, -0.25) is 0 Å². The molecule has 0 radical (unpaired) electrons. The highest BCUT2D eigenvalue weighted by atomic mass is 79.9. The van der Waals surface area contributed by atoms with Crippen LogP contribution in [0.3, 0.4) is 0 Å². The van der Waals surface area contributed by atoms with E-state index >= 15 is 0 Å². The van der Waals surface area contributed by atoms with E-state index in [1.165, 1.54) is 0 Å². The minimum atomic E-state index is 0.968. The Labute approximate surface area is 91.7 Å².